The molecule has 1 N–H and O–H groups in total. The van der Waals surface area contributed by atoms with Gasteiger partial charge in [0.25, 0.3) is 15.7 Å². The minimum absolute atomic E-state index is 0.0459. The van der Waals surface area contributed by atoms with Gasteiger partial charge >= 0.3 is 0 Å². The Bertz CT molecular complexity index is 1410. The maximum absolute atomic E-state index is 12.7. The molecule has 0 unspecified atom stereocenters. The summed E-state index contributed by atoms with van der Waals surface area (Å²) in [5.41, 5.74) is 4.05. The van der Waals surface area contributed by atoms with E-state index in [-0.39, 0.29) is 10.6 Å². The number of aryl methyl sites for hydroxylation is 2. The number of rotatable bonds is 6. The Balaban J connectivity index is 1.61. The number of hydrogen-bond acceptors (Lipinski definition) is 6. The van der Waals surface area contributed by atoms with E-state index in [0.29, 0.717) is 27.5 Å². The maximum atomic E-state index is 12.7. The van der Waals surface area contributed by atoms with Crippen LogP contribution < -0.4 is 4.72 Å². The van der Waals surface area contributed by atoms with Crippen molar-refractivity contribution in [1.82, 2.24) is 4.98 Å². The second kappa shape index (κ2) is 8.52. The number of sulfonamides is 1. The standard InChI is InChI=1S/C23H19N3O4S2/c1-15-6-10-20(11-7-15)32(29,30)25-19-5-3-4-18(12-19)23-24-21(14-31-23)17-9-8-16(2)22(13-17)26(27)28/h3-14,25H,1-2H3. The van der Waals surface area contributed by atoms with Crippen molar-refractivity contribution in [3.63, 3.8) is 0 Å². The number of anilines is 1. The molecule has 1 heterocycles. The normalized spacial score (nSPS) is 11.3. The highest BCUT2D eigenvalue weighted by Gasteiger charge is 2.16. The molecule has 0 bridgehead atoms. The first-order valence-corrected chi connectivity index (χ1v) is 12.0. The molecule has 0 amide bonds. The Morgan fingerprint density at radius 2 is 1.72 bits per heavy atom. The summed E-state index contributed by atoms with van der Waals surface area (Å²) >= 11 is 1.38. The molecular weight excluding hydrogens is 446 g/mol. The minimum atomic E-state index is -3.71. The monoisotopic (exact) mass is 465 g/mol. The Morgan fingerprint density at radius 1 is 0.969 bits per heavy atom. The zero-order chi connectivity index (χ0) is 22.9. The predicted molar refractivity (Wildman–Crippen MR) is 126 cm³/mol. The lowest BCUT2D eigenvalue weighted by Crippen LogP contribution is -2.12. The second-order valence-electron chi connectivity index (χ2n) is 7.30. The van der Waals surface area contributed by atoms with E-state index >= 15 is 0 Å². The van der Waals surface area contributed by atoms with E-state index in [4.69, 9.17) is 0 Å². The van der Waals surface area contributed by atoms with E-state index in [1.54, 1.807) is 61.5 Å². The van der Waals surface area contributed by atoms with E-state index in [0.717, 1.165) is 11.1 Å². The predicted octanol–water partition coefficient (Wildman–Crippen LogP) is 5.80. The zero-order valence-corrected chi connectivity index (χ0v) is 18.9. The van der Waals surface area contributed by atoms with Gasteiger partial charge in [-0.3, -0.25) is 14.8 Å². The Hall–Kier alpha value is -3.56. The summed E-state index contributed by atoms with van der Waals surface area (Å²) in [4.78, 5) is 15.6. The smallest absolute Gasteiger partial charge is 0.272 e. The lowest BCUT2D eigenvalue weighted by Gasteiger charge is -2.09. The second-order valence-corrected chi connectivity index (χ2v) is 9.84. The van der Waals surface area contributed by atoms with Crippen LogP contribution >= 0.6 is 11.3 Å². The van der Waals surface area contributed by atoms with Crippen molar-refractivity contribution in [3.8, 4) is 21.8 Å². The van der Waals surface area contributed by atoms with Gasteiger partial charge in [0.1, 0.15) is 5.01 Å². The Labute approximate surface area is 189 Å². The van der Waals surface area contributed by atoms with Gasteiger partial charge < -0.3 is 0 Å². The maximum Gasteiger partial charge on any atom is 0.272 e. The number of nitro benzene ring substituents is 1. The molecule has 0 radical (unpaired) electrons. The van der Waals surface area contributed by atoms with Gasteiger partial charge in [-0.2, -0.15) is 0 Å². The Kier molecular flexibility index (Phi) is 5.77. The topological polar surface area (TPSA) is 102 Å². The van der Waals surface area contributed by atoms with Crippen LogP contribution in [-0.2, 0) is 10.0 Å². The molecule has 0 saturated carbocycles. The van der Waals surface area contributed by atoms with Crippen molar-refractivity contribution in [2.75, 3.05) is 4.72 Å². The first kappa shape index (κ1) is 21.7. The van der Waals surface area contributed by atoms with Crippen LogP contribution in [0.4, 0.5) is 11.4 Å². The average molecular weight is 466 g/mol. The molecule has 0 spiro atoms. The molecule has 0 atom stereocenters. The third kappa shape index (κ3) is 4.53. The molecule has 0 aliphatic heterocycles. The van der Waals surface area contributed by atoms with Crippen LogP contribution in [0.1, 0.15) is 11.1 Å². The van der Waals surface area contributed by atoms with E-state index in [2.05, 4.69) is 9.71 Å². The summed E-state index contributed by atoms with van der Waals surface area (Å²) in [6, 6.07) is 18.6. The highest BCUT2D eigenvalue weighted by Crippen LogP contribution is 2.32. The van der Waals surface area contributed by atoms with Gasteiger partial charge in [-0.05, 0) is 38.1 Å². The van der Waals surface area contributed by atoms with Crippen molar-refractivity contribution in [2.24, 2.45) is 0 Å². The van der Waals surface area contributed by atoms with Crippen LogP contribution in [0, 0.1) is 24.0 Å². The number of nitrogens with zero attached hydrogens (tertiary/aromatic N) is 2. The number of benzene rings is 3. The average Bonchev–Trinajstić information content (AvgIpc) is 3.24. The van der Waals surface area contributed by atoms with Gasteiger partial charge in [0.05, 0.1) is 15.5 Å². The molecule has 4 aromatic rings. The third-order valence-corrected chi connectivity index (χ3v) is 7.19. The lowest BCUT2D eigenvalue weighted by atomic mass is 10.1. The fourth-order valence-electron chi connectivity index (χ4n) is 3.15. The van der Waals surface area contributed by atoms with Crippen LogP contribution in [0.15, 0.2) is 77.0 Å². The summed E-state index contributed by atoms with van der Waals surface area (Å²) in [6.07, 6.45) is 0. The lowest BCUT2D eigenvalue weighted by molar-refractivity contribution is -0.385. The highest BCUT2D eigenvalue weighted by atomic mass is 32.2. The van der Waals surface area contributed by atoms with Crippen molar-refractivity contribution >= 4 is 32.7 Å². The number of aromatic nitrogens is 1. The summed E-state index contributed by atoms with van der Waals surface area (Å²) in [5, 5.41) is 13.7. The number of thiazole rings is 1. The largest absolute Gasteiger partial charge is 0.280 e. The fourth-order valence-corrected chi connectivity index (χ4v) is 5.03. The van der Waals surface area contributed by atoms with Crippen LogP contribution in [-0.4, -0.2) is 18.3 Å². The number of nitrogens with one attached hydrogen (secondary N) is 1. The summed E-state index contributed by atoms with van der Waals surface area (Å²) < 4.78 is 28.0. The summed E-state index contributed by atoms with van der Waals surface area (Å²) in [6.45, 7) is 3.59. The molecule has 32 heavy (non-hydrogen) atoms. The van der Waals surface area contributed by atoms with Crippen LogP contribution in [0.3, 0.4) is 0 Å². The SMILES string of the molecule is Cc1ccc(S(=O)(=O)Nc2cccc(-c3nc(-c4ccc(C)c([N+](=O)[O-])c4)cs3)c2)cc1. The van der Waals surface area contributed by atoms with Gasteiger partial charge in [-0.15, -0.1) is 11.3 Å². The molecule has 0 aliphatic carbocycles. The van der Waals surface area contributed by atoms with Crippen LogP contribution in [0.25, 0.3) is 21.8 Å². The third-order valence-electron chi connectivity index (χ3n) is 4.90. The van der Waals surface area contributed by atoms with Gasteiger partial charge in [-0.25, -0.2) is 13.4 Å². The minimum Gasteiger partial charge on any atom is -0.280 e. The molecule has 1 aromatic heterocycles. The van der Waals surface area contributed by atoms with E-state index in [9.17, 15) is 18.5 Å². The van der Waals surface area contributed by atoms with Gasteiger partial charge in [0.2, 0.25) is 0 Å². The molecule has 162 valence electrons. The molecular formula is C23H19N3O4S2. The number of hydrogen-bond donors (Lipinski definition) is 1. The molecule has 0 aliphatic rings. The van der Waals surface area contributed by atoms with E-state index in [1.165, 1.54) is 17.4 Å². The molecule has 0 fully saturated rings. The van der Waals surface area contributed by atoms with Gasteiger partial charge in [0.15, 0.2) is 0 Å². The summed E-state index contributed by atoms with van der Waals surface area (Å²) in [7, 11) is -3.71. The van der Waals surface area contributed by atoms with E-state index < -0.39 is 14.9 Å². The van der Waals surface area contributed by atoms with Crippen molar-refractivity contribution in [1.29, 1.82) is 0 Å². The first-order chi connectivity index (χ1) is 15.2. The zero-order valence-electron chi connectivity index (χ0n) is 17.3. The molecule has 3 aromatic carbocycles. The van der Waals surface area contributed by atoms with Crippen molar-refractivity contribution < 1.29 is 13.3 Å². The summed E-state index contributed by atoms with van der Waals surface area (Å²) in [5.74, 6) is 0. The fraction of sp³-hybridized carbons (Fsp3) is 0.0870. The quantitative estimate of drug-likeness (QED) is 0.286. The molecule has 0 saturated heterocycles. The van der Waals surface area contributed by atoms with Gasteiger partial charge in [-0.1, -0.05) is 42.0 Å². The van der Waals surface area contributed by atoms with Crippen molar-refractivity contribution in [3.05, 3.63) is 93.4 Å². The molecule has 9 heteroatoms. The van der Waals surface area contributed by atoms with Crippen LogP contribution in [0.2, 0.25) is 0 Å². The van der Waals surface area contributed by atoms with Crippen LogP contribution in [0.5, 0.6) is 0 Å². The highest BCUT2D eigenvalue weighted by molar-refractivity contribution is 7.92. The van der Waals surface area contributed by atoms with Gasteiger partial charge in [0, 0.05) is 33.8 Å². The number of nitro groups is 1. The molecule has 7 nitrogen and oxygen atoms in total. The first-order valence-electron chi connectivity index (χ1n) is 9.64. The Morgan fingerprint density at radius 3 is 2.44 bits per heavy atom. The molecule has 4 rings (SSSR count). The van der Waals surface area contributed by atoms with Crippen molar-refractivity contribution in [2.45, 2.75) is 18.7 Å². The van der Waals surface area contributed by atoms with E-state index in [1.807, 2.05) is 18.4 Å².